The third kappa shape index (κ3) is 2.73. The molecule has 2 rings (SSSR count). The van der Waals surface area contributed by atoms with Gasteiger partial charge in [0.1, 0.15) is 11.6 Å². The van der Waals surface area contributed by atoms with Crippen LogP contribution in [0.25, 0.3) is 11.3 Å². The first-order valence-electron chi connectivity index (χ1n) is 5.72. The molecule has 5 heteroatoms. The fraction of sp³-hybridized carbons (Fsp3) is 0.308. The number of hydrogen-bond acceptors (Lipinski definition) is 3. The predicted octanol–water partition coefficient (Wildman–Crippen LogP) is 3.29. The predicted molar refractivity (Wildman–Crippen MR) is 69.6 cm³/mol. The van der Waals surface area contributed by atoms with E-state index in [1.807, 2.05) is 0 Å². The van der Waals surface area contributed by atoms with Crippen LogP contribution in [0.3, 0.4) is 0 Å². The first-order valence-corrected chi connectivity index (χ1v) is 6.60. The van der Waals surface area contributed by atoms with Gasteiger partial charge in [-0.05, 0) is 37.6 Å². The average molecular weight is 268 g/mol. The van der Waals surface area contributed by atoms with Crippen LogP contribution in [0.1, 0.15) is 17.0 Å². The van der Waals surface area contributed by atoms with Crippen LogP contribution in [0, 0.1) is 18.6 Å². The summed E-state index contributed by atoms with van der Waals surface area (Å²) < 4.78 is 27.2. The van der Waals surface area contributed by atoms with E-state index in [-0.39, 0.29) is 5.56 Å². The molecule has 1 aromatic carbocycles. The Balaban J connectivity index is 2.31. The van der Waals surface area contributed by atoms with Gasteiger partial charge in [-0.2, -0.15) is 0 Å². The fourth-order valence-electron chi connectivity index (χ4n) is 1.65. The maximum atomic E-state index is 13.8. The molecule has 0 radical (unpaired) electrons. The molecule has 1 heterocycles. The van der Waals surface area contributed by atoms with E-state index in [1.165, 1.54) is 30.4 Å². The van der Waals surface area contributed by atoms with Crippen molar-refractivity contribution < 1.29 is 8.78 Å². The van der Waals surface area contributed by atoms with Gasteiger partial charge < -0.3 is 5.73 Å². The van der Waals surface area contributed by atoms with Gasteiger partial charge in [0.2, 0.25) is 0 Å². The molecular formula is C13H14F2N2S. The van der Waals surface area contributed by atoms with Crippen molar-refractivity contribution in [2.45, 2.75) is 19.8 Å². The Morgan fingerprint density at radius 1 is 1.28 bits per heavy atom. The van der Waals surface area contributed by atoms with Crippen molar-refractivity contribution in [2.24, 2.45) is 5.73 Å². The molecule has 2 N–H and O–H groups in total. The summed E-state index contributed by atoms with van der Waals surface area (Å²) in [6.45, 7) is 2.14. The number of benzene rings is 1. The molecule has 0 fully saturated rings. The van der Waals surface area contributed by atoms with E-state index in [0.29, 0.717) is 17.8 Å². The SMILES string of the molecule is Cc1cc(F)c(-c2csc(CCCN)n2)cc1F. The van der Waals surface area contributed by atoms with Gasteiger partial charge in [0.05, 0.1) is 10.7 Å². The highest BCUT2D eigenvalue weighted by Gasteiger charge is 2.12. The molecule has 0 amide bonds. The normalized spacial score (nSPS) is 10.9. The highest BCUT2D eigenvalue weighted by molar-refractivity contribution is 7.09. The lowest BCUT2D eigenvalue weighted by Crippen LogP contribution is -2.00. The second-order valence-corrected chi connectivity index (χ2v) is 5.04. The van der Waals surface area contributed by atoms with Crippen molar-refractivity contribution in [1.82, 2.24) is 4.98 Å². The zero-order valence-corrected chi connectivity index (χ0v) is 10.9. The molecule has 0 saturated carbocycles. The maximum absolute atomic E-state index is 13.8. The van der Waals surface area contributed by atoms with Gasteiger partial charge in [-0.15, -0.1) is 11.3 Å². The molecule has 0 unspecified atom stereocenters. The van der Waals surface area contributed by atoms with Gasteiger partial charge in [0, 0.05) is 17.4 Å². The summed E-state index contributed by atoms with van der Waals surface area (Å²) in [4.78, 5) is 4.31. The van der Waals surface area contributed by atoms with Crippen molar-refractivity contribution in [1.29, 1.82) is 0 Å². The minimum absolute atomic E-state index is 0.216. The molecule has 1 aromatic heterocycles. The largest absolute Gasteiger partial charge is 0.330 e. The van der Waals surface area contributed by atoms with E-state index < -0.39 is 11.6 Å². The summed E-state index contributed by atoms with van der Waals surface area (Å²) in [5, 5.41) is 2.65. The van der Waals surface area contributed by atoms with Crippen LogP contribution in [-0.4, -0.2) is 11.5 Å². The molecular weight excluding hydrogens is 254 g/mol. The number of nitrogens with zero attached hydrogens (tertiary/aromatic N) is 1. The van der Waals surface area contributed by atoms with Gasteiger partial charge in [-0.3, -0.25) is 0 Å². The number of hydrogen-bond donors (Lipinski definition) is 1. The molecule has 18 heavy (non-hydrogen) atoms. The summed E-state index contributed by atoms with van der Waals surface area (Å²) >= 11 is 1.45. The molecule has 0 spiro atoms. The maximum Gasteiger partial charge on any atom is 0.133 e. The first kappa shape index (κ1) is 13.1. The Kier molecular flexibility index (Phi) is 4.04. The number of halogens is 2. The minimum Gasteiger partial charge on any atom is -0.330 e. The molecule has 0 aliphatic carbocycles. The molecule has 96 valence electrons. The Hall–Kier alpha value is -1.33. The van der Waals surface area contributed by atoms with Gasteiger partial charge in [0.15, 0.2) is 0 Å². The summed E-state index contributed by atoms with van der Waals surface area (Å²) in [7, 11) is 0. The van der Waals surface area contributed by atoms with Gasteiger partial charge in [-0.25, -0.2) is 13.8 Å². The van der Waals surface area contributed by atoms with Crippen LogP contribution in [0.4, 0.5) is 8.78 Å². The summed E-state index contributed by atoms with van der Waals surface area (Å²) in [6.07, 6.45) is 1.62. The zero-order valence-electron chi connectivity index (χ0n) is 10.0. The van der Waals surface area contributed by atoms with Crippen molar-refractivity contribution in [3.05, 3.63) is 39.7 Å². The van der Waals surface area contributed by atoms with Crippen LogP contribution in [0.2, 0.25) is 0 Å². The summed E-state index contributed by atoms with van der Waals surface area (Å²) in [5.41, 5.74) is 6.43. The average Bonchev–Trinajstić information content (AvgIpc) is 2.79. The van der Waals surface area contributed by atoms with Crippen molar-refractivity contribution >= 4 is 11.3 Å². The quantitative estimate of drug-likeness (QED) is 0.924. The fourth-order valence-corrected chi connectivity index (χ4v) is 2.49. The lowest BCUT2D eigenvalue weighted by molar-refractivity contribution is 0.595. The van der Waals surface area contributed by atoms with E-state index >= 15 is 0 Å². The third-order valence-electron chi connectivity index (χ3n) is 2.67. The standard InChI is InChI=1S/C13H14F2N2S/c1-8-5-11(15)9(6-10(8)14)12-7-18-13(17-12)3-2-4-16/h5-7H,2-4,16H2,1H3. The molecule has 0 atom stereocenters. The molecule has 2 nitrogen and oxygen atoms in total. The number of rotatable bonds is 4. The second-order valence-electron chi connectivity index (χ2n) is 4.10. The lowest BCUT2D eigenvalue weighted by Gasteiger charge is -2.02. The zero-order chi connectivity index (χ0) is 13.1. The van der Waals surface area contributed by atoms with Crippen LogP contribution >= 0.6 is 11.3 Å². The Bertz CT molecular complexity index is 552. The molecule has 2 aromatic rings. The molecule has 0 saturated heterocycles. The topological polar surface area (TPSA) is 38.9 Å². The van der Waals surface area contributed by atoms with Gasteiger partial charge in [0.25, 0.3) is 0 Å². The second kappa shape index (κ2) is 5.54. The third-order valence-corrected chi connectivity index (χ3v) is 3.58. The number of aromatic nitrogens is 1. The van der Waals surface area contributed by atoms with Crippen LogP contribution in [-0.2, 0) is 6.42 Å². The summed E-state index contributed by atoms with van der Waals surface area (Å²) in [6, 6.07) is 2.40. The Labute approximate surface area is 108 Å². The van der Waals surface area contributed by atoms with E-state index in [0.717, 1.165) is 17.8 Å². The lowest BCUT2D eigenvalue weighted by atomic mass is 10.1. The number of aryl methyl sites for hydroxylation is 2. The Morgan fingerprint density at radius 3 is 2.78 bits per heavy atom. The van der Waals surface area contributed by atoms with Gasteiger partial charge in [-0.1, -0.05) is 0 Å². The molecule has 0 aliphatic rings. The minimum atomic E-state index is -0.440. The van der Waals surface area contributed by atoms with E-state index in [2.05, 4.69) is 4.98 Å². The number of thiazole rings is 1. The first-order chi connectivity index (χ1) is 8.61. The monoisotopic (exact) mass is 268 g/mol. The van der Waals surface area contributed by atoms with E-state index in [4.69, 9.17) is 5.73 Å². The highest BCUT2D eigenvalue weighted by Crippen LogP contribution is 2.27. The van der Waals surface area contributed by atoms with Crippen molar-refractivity contribution in [3.8, 4) is 11.3 Å². The molecule has 0 bridgehead atoms. The number of nitrogens with two attached hydrogens (primary N) is 1. The van der Waals surface area contributed by atoms with Crippen molar-refractivity contribution in [2.75, 3.05) is 6.54 Å². The van der Waals surface area contributed by atoms with Crippen LogP contribution in [0.15, 0.2) is 17.5 Å². The van der Waals surface area contributed by atoms with E-state index in [1.54, 1.807) is 5.38 Å². The highest BCUT2D eigenvalue weighted by atomic mass is 32.1. The van der Waals surface area contributed by atoms with Crippen LogP contribution in [0.5, 0.6) is 0 Å². The summed E-state index contributed by atoms with van der Waals surface area (Å²) in [5.74, 6) is -0.854. The molecule has 0 aliphatic heterocycles. The smallest absolute Gasteiger partial charge is 0.133 e. The Morgan fingerprint density at radius 2 is 2.06 bits per heavy atom. The van der Waals surface area contributed by atoms with E-state index in [9.17, 15) is 8.78 Å². The van der Waals surface area contributed by atoms with Crippen LogP contribution < -0.4 is 5.73 Å². The van der Waals surface area contributed by atoms with Crippen molar-refractivity contribution in [3.63, 3.8) is 0 Å². The van der Waals surface area contributed by atoms with Gasteiger partial charge >= 0.3 is 0 Å².